The maximum atomic E-state index is 13.0. The van der Waals surface area contributed by atoms with Gasteiger partial charge in [0.2, 0.25) is 5.91 Å². The van der Waals surface area contributed by atoms with Crippen molar-refractivity contribution in [1.29, 1.82) is 0 Å². The van der Waals surface area contributed by atoms with Gasteiger partial charge in [-0.3, -0.25) is 4.79 Å². The van der Waals surface area contributed by atoms with Crippen molar-refractivity contribution < 1.29 is 9.18 Å². The van der Waals surface area contributed by atoms with Crippen LogP contribution in [0.3, 0.4) is 0 Å². The third-order valence-corrected chi connectivity index (χ3v) is 3.05. The number of nitrogens with zero attached hydrogens (tertiary/aromatic N) is 1. The number of nitrogens with one attached hydrogen (secondary N) is 1. The smallest absolute Gasteiger partial charge is 0.246 e. The Morgan fingerprint density at radius 1 is 1.56 bits per heavy atom. The summed E-state index contributed by atoms with van der Waals surface area (Å²) in [6.07, 6.45) is 3.16. The van der Waals surface area contributed by atoms with E-state index in [-0.39, 0.29) is 17.8 Å². The summed E-state index contributed by atoms with van der Waals surface area (Å²) >= 11 is 0. The van der Waals surface area contributed by atoms with Crippen molar-refractivity contribution in [3.8, 4) is 0 Å². The monoisotopic (exact) mass is 248 g/mol. The maximum Gasteiger partial charge on any atom is 0.246 e. The Morgan fingerprint density at radius 2 is 2.39 bits per heavy atom. The van der Waals surface area contributed by atoms with Crippen LogP contribution >= 0.6 is 0 Å². The maximum absolute atomic E-state index is 13.0. The van der Waals surface area contributed by atoms with Gasteiger partial charge >= 0.3 is 0 Å². The van der Waals surface area contributed by atoms with E-state index < -0.39 is 0 Å². The van der Waals surface area contributed by atoms with Crippen molar-refractivity contribution >= 4 is 12.0 Å². The number of hydrogen-bond acceptors (Lipinski definition) is 2. The van der Waals surface area contributed by atoms with E-state index in [0.717, 1.165) is 13.1 Å². The number of amides is 1. The Bertz CT molecular complexity index is 459. The van der Waals surface area contributed by atoms with Crippen molar-refractivity contribution in [2.75, 3.05) is 19.6 Å². The molecule has 1 N–H and O–H groups in total. The number of hydrogen-bond donors (Lipinski definition) is 1. The number of piperazine rings is 1. The molecule has 1 heterocycles. The van der Waals surface area contributed by atoms with Gasteiger partial charge in [0.25, 0.3) is 0 Å². The number of carbonyl (C=O) groups excluding carboxylic acids is 1. The lowest BCUT2D eigenvalue weighted by Gasteiger charge is -2.33. The predicted molar refractivity (Wildman–Crippen MR) is 69.5 cm³/mol. The summed E-state index contributed by atoms with van der Waals surface area (Å²) in [6.45, 7) is 4.37. The molecule has 1 fully saturated rings. The summed E-state index contributed by atoms with van der Waals surface area (Å²) in [4.78, 5) is 13.8. The highest BCUT2D eigenvalue weighted by atomic mass is 19.1. The summed E-state index contributed by atoms with van der Waals surface area (Å²) < 4.78 is 13.0. The van der Waals surface area contributed by atoms with Crippen LogP contribution in [0, 0.1) is 5.82 Å². The number of halogens is 1. The van der Waals surface area contributed by atoms with Crippen LogP contribution in [-0.2, 0) is 4.79 Å². The zero-order valence-corrected chi connectivity index (χ0v) is 10.4. The lowest BCUT2D eigenvalue weighted by Crippen LogP contribution is -2.51. The highest BCUT2D eigenvalue weighted by molar-refractivity contribution is 5.92. The zero-order valence-electron chi connectivity index (χ0n) is 10.4. The Balaban J connectivity index is 2.02. The van der Waals surface area contributed by atoms with Crippen molar-refractivity contribution in [2.24, 2.45) is 0 Å². The molecule has 0 bridgehead atoms. The van der Waals surface area contributed by atoms with Crippen molar-refractivity contribution in [1.82, 2.24) is 10.2 Å². The topological polar surface area (TPSA) is 32.3 Å². The van der Waals surface area contributed by atoms with E-state index in [0.29, 0.717) is 12.1 Å². The molecule has 3 nitrogen and oxygen atoms in total. The summed E-state index contributed by atoms with van der Waals surface area (Å²) in [7, 11) is 0. The molecule has 1 unspecified atom stereocenters. The average molecular weight is 248 g/mol. The third-order valence-electron chi connectivity index (χ3n) is 3.05. The van der Waals surface area contributed by atoms with Crippen molar-refractivity contribution in [2.45, 2.75) is 13.0 Å². The summed E-state index contributed by atoms with van der Waals surface area (Å²) in [5, 5.41) is 3.23. The van der Waals surface area contributed by atoms with Crippen LogP contribution in [0.15, 0.2) is 30.3 Å². The first-order chi connectivity index (χ1) is 8.66. The molecule has 1 aliphatic rings. The van der Waals surface area contributed by atoms with Crippen LogP contribution in [0.5, 0.6) is 0 Å². The molecular formula is C14H17FN2O. The minimum absolute atomic E-state index is 0.0201. The van der Waals surface area contributed by atoms with E-state index in [1.807, 2.05) is 11.8 Å². The minimum atomic E-state index is -0.292. The molecular weight excluding hydrogens is 231 g/mol. The van der Waals surface area contributed by atoms with Gasteiger partial charge < -0.3 is 10.2 Å². The van der Waals surface area contributed by atoms with E-state index >= 15 is 0 Å². The van der Waals surface area contributed by atoms with Crippen LogP contribution in [0.2, 0.25) is 0 Å². The Morgan fingerprint density at radius 3 is 3.11 bits per heavy atom. The van der Waals surface area contributed by atoms with Gasteiger partial charge in [0.05, 0.1) is 0 Å². The highest BCUT2D eigenvalue weighted by Crippen LogP contribution is 2.08. The SMILES string of the molecule is CC1CNCCN1C(=O)C=Cc1cccc(F)c1. The Kier molecular flexibility index (Phi) is 4.10. The summed E-state index contributed by atoms with van der Waals surface area (Å²) in [5.74, 6) is -0.312. The lowest BCUT2D eigenvalue weighted by atomic mass is 10.2. The fraction of sp³-hybridized carbons (Fsp3) is 0.357. The largest absolute Gasteiger partial charge is 0.334 e. The normalized spacial score (nSPS) is 20.3. The third kappa shape index (κ3) is 3.17. The Hall–Kier alpha value is -1.68. The fourth-order valence-electron chi connectivity index (χ4n) is 2.04. The quantitative estimate of drug-likeness (QED) is 0.807. The predicted octanol–water partition coefficient (Wildman–Crippen LogP) is 1.66. The molecule has 0 saturated carbocycles. The molecule has 1 aromatic rings. The first-order valence-electron chi connectivity index (χ1n) is 6.12. The van der Waals surface area contributed by atoms with Gasteiger partial charge in [0, 0.05) is 31.8 Å². The van der Waals surface area contributed by atoms with Gasteiger partial charge in [0.15, 0.2) is 0 Å². The van der Waals surface area contributed by atoms with Gasteiger partial charge in [-0.25, -0.2) is 4.39 Å². The molecule has 1 atom stereocenters. The Labute approximate surface area is 106 Å². The van der Waals surface area contributed by atoms with Crippen LogP contribution in [0.25, 0.3) is 6.08 Å². The van der Waals surface area contributed by atoms with Crippen LogP contribution in [0.1, 0.15) is 12.5 Å². The molecule has 96 valence electrons. The van der Waals surface area contributed by atoms with Gasteiger partial charge in [-0.15, -0.1) is 0 Å². The van der Waals surface area contributed by atoms with E-state index in [4.69, 9.17) is 0 Å². The average Bonchev–Trinajstić information content (AvgIpc) is 2.37. The molecule has 0 radical (unpaired) electrons. The van der Waals surface area contributed by atoms with E-state index in [9.17, 15) is 9.18 Å². The molecule has 0 aliphatic carbocycles. The first kappa shape index (κ1) is 12.8. The van der Waals surface area contributed by atoms with E-state index in [2.05, 4.69) is 5.32 Å². The molecule has 18 heavy (non-hydrogen) atoms. The second kappa shape index (κ2) is 5.78. The minimum Gasteiger partial charge on any atom is -0.334 e. The van der Waals surface area contributed by atoms with Gasteiger partial charge in [-0.2, -0.15) is 0 Å². The molecule has 2 rings (SSSR count). The second-order valence-corrected chi connectivity index (χ2v) is 4.47. The van der Waals surface area contributed by atoms with Gasteiger partial charge in [-0.05, 0) is 30.7 Å². The molecule has 1 amide bonds. The fourth-order valence-corrected chi connectivity index (χ4v) is 2.04. The summed E-state index contributed by atoms with van der Waals surface area (Å²) in [5.41, 5.74) is 0.700. The van der Waals surface area contributed by atoms with Gasteiger partial charge in [0.1, 0.15) is 5.82 Å². The van der Waals surface area contributed by atoms with Crippen LogP contribution in [0.4, 0.5) is 4.39 Å². The van der Waals surface area contributed by atoms with E-state index in [1.165, 1.54) is 18.2 Å². The standard InChI is InChI=1S/C14H17FN2O/c1-11-10-16-7-8-17(11)14(18)6-5-12-3-2-4-13(15)9-12/h2-6,9,11,16H,7-8,10H2,1H3. The second-order valence-electron chi connectivity index (χ2n) is 4.47. The molecule has 1 aliphatic heterocycles. The molecule has 0 aromatic heterocycles. The van der Waals surface area contributed by atoms with Crippen LogP contribution < -0.4 is 5.32 Å². The van der Waals surface area contributed by atoms with Gasteiger partial charge in [-0.1, -0.05) is 12.1 Å². The number of benzene rings is 1. The highest BCUT2D eigenvalue weighted by Gasteiger charge is 2.20. The molecule has 4 heteroatoms. The molecule has 1 aromatic carbocycles. The molecule has 1 saturated heterocycles. The summed E-state index contributed by atoms with van der Waals surface area (Å²) in [6, 6.07) is 6.40. The van der Waals surface area contributed by atoms with Crippen molar-refractivity contribution in [3.63, 3.8) is 0 Å². The van der Waals surface area contributed by atoms with Crippen molar-refractivity contribution in [3.05, 3.63) is 41.7 Å². The number of carbonyl (C=O) groups is 1. The molecule has 0 spiro atoms. The van der Waals surface area contributed by atoms with Crippen LogP contribution in [-0.4, -0.2) is 36.5 Å². The lowest BCUT2D eigenvalue weighted by molar-refractivity contribution is -0.128. The zero-order chi connectivity index (χ0) is 13.0. The first-order valence-corrected chi connectivity index (χ1v) is 6.12. The number of rotatable bonds is 2. The van der Waals surface area contributed by atoms with E-state index in [1.54, 1.807) is 18.2 Å².